The minimum absolute atomic E-state index is 0.0858. The molecule has 8 heteroatoms. The molecule has 0 spiro atoms. The highest BCUT2D eigenvalue weighted by Gasteiger charge is 2.51. The van der Waals surface area contributed by atoms with E-state index in [0.717, 1.165) is 21.6 Å². The Kier molecular flexibility index (Phi) is 6.26. The monoisotopic (exact) mass is 437 g/mol. The van der Waals surface area contributed by atoms with Crippen LogP contribution in [-0.2, 0) is 21.0 Å². The lowest BCUT2D eigenvalue weighted by Gasteiger charge is -2.22. The summed E-state index contributed by atoms with van der Waals surface area (Å²) in [6.07, 6.45) is -2.07. The number of rotatable bonds is 7. The van der Waals surface area contributed by atoms with E-state index in [2.05, 4.69) is 0 Å². The van der Waals surface area contributed by atoms with Crippen LogP contribution < -0.4 is 4.74 Å². The highest BCUT2D eigenvalue weighted by molar-refractivity contribution is 7.97. The highest BCUT2D eigenvalue weighted by atomic mass is 32.2. The minimum atomic E-state index is -5.59. The topological polar surface area (TPSA) is 63.6 Å². The van der Waals surface area contributed by atoms with Crippen molar-refractivity contribution in [2.45, 2.75) is 33.0 Å². The van der Waals surface area contributed by atoms with E-state index in [9.17, 15) is 17.2 Å². The van der Waals surface area contributed by atoms with Crippen molar-refractivity contribution >= 4 is 21.0 Å². The lowest BCUT2D eigenvalue weighted by atomic mass is 10.3. The summed E-state index contributed by atoms with van der Waals surface area (Å²) in [5.41, 5.74) is 0. The molecular formula is C21H19F2O4S2+. The van der Waals surface area contributed by atoms with Crippen molar-refractivity contribution < 1.29 is 26.5 Å². The molecule has 29 heavy (non-hydrogen) atoms. The van der Waals surface area contributed by atoms with Crippen molar-refractivity contribution in [2.24, 2.45) is 0 Å². The second kappa shape index (κ2) is 8.52. The Bertz CT molecular complexity index is 1020. The summed E-state index contributed by atoms with van der Waals surface area (Å²) in [6, 6.07) is 26.1. The van der Waals surface area contributed by atoms with Gasteiger partial charge in [0.05, 0.1) is 10.9 Å². The van der Waals surface area contributed by atoms with Gasteiger partial charge in [0, 0.05) is 6.07 Å². The Hall–Kier alpha value is -2.42. The van der Waals surface area contributed by atoms with Gasteiger partial charge in [-0.1, -0.05) is 42.5 Å². The molecule has 1 N–H and O–H groups in total. The summed E-state index contributed by atoms with van der Waals surface area (Å²) in [5, 5.41) is -4.43. The SMILES string of the molecule is CC(Oc1cccc([S+](c2ccccc2)c2ccccc2)c1)C(F)(F)S(=O)(=O)O. The van der Waals surface area contributed by atoms with Gasteiger partial charge in [0.15, 0.2) is 20.8 Å². The van der Waals surface area contributed by atoms with Crippen LogP contribution in [0.4, 0.5) is 8.78 Å². The smallest absolute Gasteiger partial charge is 0.405 e. The first-order chi connectivity index (χ1) is 13.7. The molecule has 0 bridgehead atoms. The van der Waals surface area contributed by atoms with Gasteiger partial charge in [0.25, 0.3) is 0 Å². The second-order valence-electron chi connectivity index (χ2n) is 6.20. The van der Waals surface area contributed by atoms with Crippen LogP contribution in [-0.4, -0.2) is 24.3 Å². The molecular weight excluding hydrogens is 418 g/mol. The zero-order valence-electron chi connectivity index (χ0n) is 15.4. The average molecular weight is 438 g/mol. The Morgan fingerprint density at radius 1 is 0.862 bits per heavy atom. The van der Waals surface area contributed by atoms with Crippen molar-refractivity contribution in [1.82, 2.24) is 0 Å². The van der Waals surface area contributed by atoms with E-state index >= 15 is 0 Å². The number of ether oxygens (including phenoxy) is 1. The van der Waals surface area contributed by atoms with Crippen LogP contribution in [0.3, 0.4) is 0 Å². The first-order valence-corrected chi connectivity index (χ1v) is 11.3. The molecule has 1 unspecified atom stereocenters. The highest BCUT2D eigenvalue weighted by Crippen LogP contribution is 2.34. The molecule has 0 saturated carbocycles. The maximum absolute atomic E-state index is 13.8. The molecule has 0 amide bonds. The van der Waals surface area contributed by atoms with Crippen LogP contribution in [0.15, 0.2) is 99.6 Å². The molecule has 0 aliphatic rings. The maximum atomic E-state index is 13.8. The van der Waals surface area contributed by atoms with E-state index in [1.54, 1.807) is 12.1 Å². The van der Waals surface area contributed by atoms with Gasteiger partial charge in [0.1, 0.15) is 5.75 Å². The Morgan fingerprint density at radius 2 is 1.34 bits per heavy atom. The molecule has 0 aliphatic carbocycles. The first-order valence-electron chi connectivity index (χ1n) is 8.66. The molecule has 0 radical (unpaired) electrons. The maximum Gasteiger partial charge on any atom is 0.405 e. The minimum Gasteiger partial charge on any atom is -0.483 e. The summed E-state index contributed by atoms with van der Waals surface area (Å²) in [7, 11) is -6.10. The van der Waals surface area contributed by atoms with Gasteiger partial charge >= 0.3 is 15.4 Å². The van der Waals surface area contributed by atoms with Crippen LogP contribution in [0, 0.1) is 0 Å². The van der Waals surface area contributed by atoms with Crippen molar-refractivity contribution in [3.8, 4) is 5.75 Å². The predicted molar refractivity (Wildman–Crippen MR) is 108 cm³/mol. The van der Waals surface area contributed by atoms with Crippen LogP contribution in [0.2, 0.25) is 0 Å². The van der Waals surface area contributed by atoms with E-state index in [-0.39, 0.29) is 5.75 Å². The fraction of sp³-hybridized carbons (Fsp3) is 0.143. The normalized spacial score (nSPS) is 13.3. The molecule has 152 valence electrons. The molecule has 3 aromatic rings. The van der Waals surface area contributed by atoms with Gasteiger partial charge in [-0.25, -0.2) is 0 Å². The molecule has 0 heterocycles. The molecule has 0 aliphatic heterocycles. The Balaban J connectivity index is 1.98. The van der Waals surface area contributed by atoms with Gasteiger partial charge in [0.2, 0.25) is 0 Å². The number of benzene rings is 3. The number of alkyl halides is 2. The summed E-state index contributed by atoms with van der Waals surface area (Å²) in [4.78, 5) is 2.89. The Morgan fingerprint density at radius 3 is 1.83 bits per heavy atom. The summed E-state index contributed by atoms with van der Waals surface area (Å²) in [6.45, 7) is 0.897. The third-order valence-corrected chi connectivity index (χ3v) is 7.36. The quantitative estimate of drug-likeness (QED) is 0.416. The summed E-state index contributed by atoms with van der Waals surface area (Å²) >= 11 is 0. The van der Waals surface area contributed by atoms with Gasteiger partial charge in [-0.3, -0.25) is 4.55 Å². The number of halogens is 2. The lowest BCUT2D eigenvalue weighted by Crippen LogP contribution is -2.42. The van der Waals surface area contributed by atoms with Crippen LogP contribution in [0.25, 0.3) is 0 Å². The fourth-order valence-corrected chi connectivity index (χ4v) is 5.27. The predicted octanol–water partition coefficient (Wildman–Crippen LogP) is 5.03. The van der Waals surface area contributed by atoms with E-state index in [1.807, 2.05) is 66.7 Å². The van der Waals surface area contributed by atoms with Crippen LogP contribution >= 0.6 is 0 Å². The zero-order chi connectivity index (χ0) is 21.1. The van der Waals surface area contributed by atoms with E-state index < -0.39 is 32.4 Å². The Labute approximate surface area is 171 Å². The fourth-order valence-electron chi connectivity index (χ4n) is 2.68. The van der Waals surface area contributed by atoms with Gasteiger partial charge in [-0.15, -0.1) is 0 Å². The van der Waals surface area contributed by atoms with Gasteiger partial charge in [-0.05, 0) is 43.3 Å². The van der Waals surface area contributed by atoms with E-state index in [0.29, 0.717) is 0 Å². The molecule has 3 rings (SSSR count). The molecule has 0 aromatic heterocycles. The van der Waals surface area contributed by atoms with Crippen molar-refractivity contribution in [3.63, 3.8) is 0 Å². The number of hydrogen-bond donors (Lipinski definition) is 1. The molecule has 4 nitrogen and oxygen atoms in total. The first kappa shape index (κ1) is 21.3. The number of hydrogen-bond acceptors (Lipinski definition) is 3. The molecule has 0 fully saturated rings. The second-order valence-corrected chi connectivity index (χ2v) is 9.73. The average Bonchev–Trinajstić information content (AvgIpc) is 2.69. The molecule has 1 atom stereocenters. The van der Waals surface area contributed by atoms with Crippen molar-refractivity contribution in [3.05, 3.63) is 84.9 Å². The lowest BCUT2D eigenvalue weighted by molar-refractivity contribution is -0.0236. The van der Waals surface area contributed by atoms with Crippen molar-refractivity contribution in [1.29, 1.82) is 0 Å². The third-order valence-electron chi connectivity index (χ3n) is 4.13. The van der Waals surface area contributed by atoms with Gasteiger partial charge in [-0.2, -0.15) is 17.2 Å². The van der Waals surface area contributed by atoms with E-state index in [1.165, 1.54) is 6.07 Å². The summed E-state index contributed by atoms with van der Waals surface area (Å²) in [5.74, 6) is 0.0858. The van der Waals surface area contributed by atoms with Crippen LogP contribution in [0.5, 0.6) is 5.75 Å². The summed E-state index contributed by atoms with van der Waals surface area (Å²) < 4.78 is 63.5. The zero-order valence-corrected chi connectivity index (χ0v) is 17.0. The van der Waals surface area contributed by atoms with Crippen molar-refractivity contribution in [2.75, 3.05) is 0 Å². The third kappa shape index (κ3) is 4.77. The standard InChI is InChI=1S/C21H18F2O4S2/c1-16(21(22,23)29(24,25)26)27-17-9-8-14-20(15-17)28(18-10-4-2-5-11-18)19-12-6-3-7-13-19/h2-16H,1H3/p+1. The van der Waals surface area contributed by atoms with Crippen LogP contribution in [0.1, 0.15) is 6.92 Å². The van der Waals surface area contributed by atoms with Gasteiger partial charge < -0.3 is 4.74 Å². The van der Waals surface area contributed by atoms with E-state index in [4.69, 9.17) is 9.29 Å². The molecule has 0 saturated heterocycles. The molecule has 3 aromatic carbocycles. The largest absolute Gasteiger partial charge is 0.483 e.